The van der Waals surface area contributed by atoms with Crippen molar-refractivity contribution in [2.24, 2.45) is 0 Å². The summed E-state index contributed by atoms with van der Waals surface area (Å²) in [4.78, 5) is 24.1. The Morgan fingerprint density at radius 1 is 1.15 bits per heavy atom. The van der Waals surface area contributed by atoms with Crippen molar-refractivity contribution in [2.75, 3.05) is 27.2 Å². The predicted octanol–water partition coefficient (Wildman–Crippen LogP) is 1.67. The minimum Gasteiger partial charge on any atom is -0.354 e. The highest BCUT2D eigenvalue weighted by Crippen LogP contribution is 2.19. The van der Waals surface area contributed by atoms with E-state index in [4.69, 9.17) is 0 Å². The van der Waals surface area contributed by atoms with Gasteiger partial charge >= 0.3 is 0 Å². The topological polar surface area (TPSA) is 95.6 Å². The van der Waals surface area contributed by atoms with E-state index in [9.17, 15) is 18.0 Å². The van der Waals surface area contributed by atoms with Crippen LogP contribution in [0.3, 0.4) is 0 Å². The fourth-order valence-corrected chi connectivity index (χ4v) is 3.78. The summed E-state index contributed by atoms with van der Waals surface area (Å²) in [5, 5.41) is 5.31. The summed E-state index contributed by atoms with van der Waals surface area (Å²) in [5.74, 6) is -0.757. The van der Waals surface area contributed by atoms with Gasteiger partial charge in [-0.3, -0.25) is 9.59 Å². The van der Waals surface area contributed by atoms with Crippen LogP contribution >= 0.6 is 0 Å². The number of allylic oxidation sites excluding steroid dienone is 1. The molecule has 2 amide bonds. The molecule has 0 radical (unpaired) electrons. The summed E-state index contributed by atoms with van der Waals surface area (Å²) < 4.78 is 25.4. The van der Waals surface area contributed by atoms with Crippen LogP contribution < -0.4 is 10.6 Å². The van der Waals surface area contributed by atoms with Crippen LogP contribution in [-0.2, 0) is 14.8 Å². The van der Waals surface area contributed by atoms with Crippen molar-refractivity contribution in [2.45, 2.75) is 37.0 Å². The molecule has 0 aliphatic heterocycles. The van der Waals surface area contributed by atoms with Gasteiger partial charge in [-0.1, -0.05) is 17.7 Å². The van der Waals surface area contributed by atoms with Gasteiger partial charge in [0.2, 0.25) is 15.9 Å². The Balaban J connectivity index is 1.83. The number of hydrogen-bond acceptors (Lipinski definition) is 4. The number of hydrogen-bond donors (Lipinski definition) is 2. The van der Waals surface area contributed by atoms with Gasteiger partial charge in [0.25, 0.3) is 5.91 Å². The molecule has 0 atom stereocenters. The van der Waals surface area contributed by atoms with Crippen LogP contribution in [0.25, 0.3) is 0 Å². The molecule has 0 fully saturated rings. The first-order valence-corrected chi connectivity index (χ1v) is 10.5. The highest BCUT2D eigenvalue weighted by atomic mass is 32.2. The monoisotopic (exact) mass is 393 g/mol. The second kappa shape index (κ2) is 9.66. The van der Waals surface area contributed by atoms with Crippen LogP contribution in [-0.4, -0.2) is 51.7 Å². The zero-order valence-electron chi connectivity index (χ0n) is 15.8. The first-order valence-electron chi connectivity index (χ1n) is 9.06. The molecule has 0 unspecified atom stereocenters. The van der Waals surface area contributed by atoms with E-state index in [0.717, 1.165) is 23.6 Å². The number of amides is 2. The Morgan fingerprint density at radius 3 is 2.59 bits per heavy atom. The van der Waals surface area contributed by atoms with E-state index in [1.165, 1.54) is 56.8 Å². The maximum absolute atomic E-state index is 12.2. The largest absolute Gasteiger partial charge is 0.354 e. The molecule has 0 saturated carbocycles. The maximum atomic E-state index is 12.2. The molecule has 148 valence electrons. The van der Waals surface area contributed by atoms with E-state index in [0.29, 0.717) is 6.54 Å². The highest BCUT2D eigenvalue weighted by Gasteiger charge is 2.19. The lowest BCUT2D eigenvalue weighted by molar-refractivity contribution is -0.120. The smallest absolute Gasteiger partial charge is 0.251 e. The summed E-state index contributed by atoms with van der Waals surface area (Å²) in [7, 11) is -0.765. The second-order valence-electron chi connectivity index (χ2n) is 6.71. The molecule has 1 aromatic rings. The van der Waals surface area contributed by atoms with E-state index >= 15 is 0 Å². The van der Waals surface area contributed by atoms with E-state index in [1.54, 1.807) is 0 Å². The number of rotatable bonds is 8. The Kier molecular flexibility index (Phi) is 7.55. The molecule has 0 spiro atoms. The van der Waals surface area contributed by atoms with E-state index in [2.05, 4.69) is 16.7 Å². The molecule has 0 bridgehead atoms. The van der Waals surface area contributed by atoms with Gasteiger partial charge in [0.15, 0.2) is 0 Å². The van der Waals surface area contributed by atoms with Crippen molar-refractivity contribution in [1.29, 1.82) is 0 Å². The Bertz CT molecular complexity index is 816. The van der Waals surface area contributed by atoms with Crippen molar-refractivity contribution < 1.29 is 18.0 Å². The van der Waals surface area contributed by atoms with Crippen LogP contribution in [0, 0.1) is 0 Å². The molecule has 0 aromatic heterocycles. The molecular formula is C19H27N3O4S. The third kappa shape index (κ3) is 6.18. The molecule has 27 heavy (non-hydrogen) atoms. The SMILES string of the molecule is CN(C)S(=O)(=O)c1cccc(C(=O)NCC(=O)NCCC2=CCCCC2)c1. The Hall–Kier alpha value is -2.19. The third-order valence-electron chi connectivity index (χ3n) is 4.44. The lowest BCUT2D eigenvalue weighted by Crippen LogP contribution is -2.37. The fraction of sp³-hybridized carbons (Fsp3) is 0.474. The van der Waals surface area contributed by atoms with Gasteiger partial charge in [0.05, 0.1) is 11.4 Å². The van der Waals surface area contributed by atoms with Crippen molar-refractivity contribution in [3.63, 3.8) is 0 Å². The Labute approximate surface area is 160 Å². The quantitative estimate of drug-likeness (QED) is 0.657. The van der Waals surface area contributed by atoms with Crippen molar-refractivity contribution >= 4 is 21.8 Å². The molecule has 8 heteroatoms. The number of sulfonamides is 1. The van der Waals surface area contributed by atoms with E-state index < -0.39 is 15.9 Å². The fourth-order valence-electron chi connectivity index (χ4n) is 2.83. The number of carbonyl (C=O) groups is 2. The van der Waals surface area contributed by atoms with Gasteiger partial charge < -0.3 is 10.6 Å². The van der Waals surface area contributed by atoms with Crippen LogP contribution in [0.15, 0.2) is 40.8 Å². The minimum absolute atomic E-state index is 0.0327. The number of nitrogens with one attached hydrogen (secondary N) is 2. The second-order valence-corrected chi connectivity index (χ2v) is 8.86. The van der Waals surface area contributed by atoms with Gasteiger partial charge in [-0.25, -0.2) is 12.7 Å². The van der Waals surface area contributed by atoms with Gasteiger partial charge in [-0.05, 0) is 50.3 Å². The molecule has 1 aliphatic carbocycles. The maximum Gasteiger partial charge on any atom is 0.251 e. The van der Waals surface area contributed by atoms with Crippen LogP contribution in [0.1, 0.15) is 42.5 Å². The lowest BCUT2D eigenvalue weighted by Gasteiger charge is -2.13. The third-order valence-corrected chi connectivity index (χ3v) is 6.25. The van der Waals surface area contributed by atoms with Crippen molar-refractivity contribution in [3.8, 4) is 0 Å². The van der Waals surface area contributed by atoms with E-state index in [1.807, 2.05) is 0 Å². The number of benzene rings is 1. The van der Waals surface area contributed by atoms with Crippen molar-refractivity contribution in [3.05, 3.63) is 41.5 Å². The van der Waals surface area contributed by atoms with Crippen LogP contribution in [0.4, 0.5) is 0 Å². The number of carbonyl (C=O) groups excluding carboxylic acids is 2. The first kappa shape index (κ1) is 21.1. The normalized spacial score (nSPS) is 14.6. The van der Waals surface area contributed by atoms with Crippen molar-refractivity contribution in [1.82, 2.24) is 14.9 Å². The summed E-state index contributed by atoms with van der Waals surface area (Å²) in [6.07, 6.45) is 7.73. The van der Waals surface area contributed by atoms with Gasteiger partial charge in [0, 0.05) is 26.2 Å². The molecule has 2 N–H and O–H groups in total. The molecule has 1 aliphatic rings. The van der Waals surface area contributed by atoms with E-state index in [-0.39, 0.29) is 22.9 Å². The zero-order chi connectivity index (χ0) is 19.9. The average molecular weight is 394 g/mol. The summed E-state index contributed by atoms with van der Waals surface area (Å²) in [6.45, 7) is 0.402. The molecule has 2 rings (SSSR count). The zero-order valence-corrected chi connectivity index (χ0v) is 16.6. The van der Waals surface area contributed by atoms with Crippen LogP contribution in [0.2, 0.25) is 0 Å². The standard InChI is InChI=1S/C19H27N3O4S/c1-22(2)27(25,26)17-10-6-9-16(13-17)19(24)21-14-18(23)20-12-11-15-7-4-3-5-8-15/h6-7,9-10,13H,3-5,8,11-12,14H2,1-2H3,(H,20,23)(H,21,24). The minimum atomic E-state index is -3.62. The van der Waals surface area contributed by atoms with Gasteiger partial charge in [-0.2, -0.15) is 0 Å². The van der Waals surface area contributed by atoms with Gasteiger partial charge in [-0.15, -0.1) is 0 Å². The molecule has 1 aromatic carbocycles. The molecular weight excluding hydrogens is 366 g/mol. The number of nitrogens with zero attached hydrogens (tertiary/aromatic N) is 1. The van der Waals surface area contributed by atoms with Gasteiger partial charge in [0.1, 0.15) is 0 Å². The molecule has 0 heterocycles. The lowest BCUT2D eigenvalue weighted by atomic mass is 9.97. The first-order chi connectivity index (χ1) is 12.8. The predicted molar refractivity (Wildman–Crippen MR) is 104 cm³/mol. The summed E-state index contributed by atoms with van der Waals surface area (Å²) >= 11 is 0. The van der Waals surface area contributed by atoms with Crippen LogP contribution in [0.5, 0.6) is 0 Å². The highest BCUT2D eigenvalue weighted by molar-refractivity contribution is 7.89. The Morgan fingerprint density at radius 2 is 1.93 bits per heavy atom. The molecule has 7 nitrogen and oxygen atoms in total. The average Bonchev–Trinajstić information content (AvgIpc) is 2.67. The summed E-state index contributed by atoms with van der Waals surface area (Å²) in [5.41, 5.74) is 1.57. The molecule has 0 saturated heterocycles. The summed E-state index contributed by atoms with van der Waals surface area (Å²) in [6, 6.07) is 5.75.